The summed E-state index contributed by atoms with van der Waals surface area (Å²) in [6.45, 7) is 7.55. The average molecular weight is 193 g/mol. The van der Waals surface area contributed by atoms with E-state index in [-0.39, 0.29) is 0 Å². The molecule has 0 spiro atoms. The first-order chi connectivity index (χ1) is 6.79. The Morgan fingerprint density at radius 3 is 2.71 bits per heavy atom. The summed E-state index contributed by atoms with van der Waals surface area (Å²) in [5.74, 6) is 0.447. The van der Waals surface area contributed by atoms with E-state index in [9.17, 15) is 0 Å². The molecule has 0 aliphatic rings. The lowest BCUT2D eigenvalue weighted by Crippen LogP contribution is -2.33. The molecule has 1 N–H and O–H groups in total. The first-order valence-corrected chi connectivity index (χ1v) is 5.28. The second-order valence-corrected chi connectivity index (χ2v) is 3.50. The molecule has 0 aromatic carbocycles. The minimum absolute atomic E-state index is 0.447. The van der Waals surface area contributed by atoms with E-state index in [0.717, 1.165) is 18.7 Å². The summed E-state index contributed by atoms with van der Waals surface area (Å²) in [5.41, 5.74) is 1.12. The highest BCUT2D eigenvalue weighted by Gasteiger charge is 2.16. The molecule has 14 heavy (non-hydrogen) atoms. The predicted molar refractivity (Wildman–Crippen MR) is 58.2 cm³/mol. The molecule has 1 rings (SSSR count). The van der Waals surface area contributed by atoms with Gasteiger partial charge < -0.3 is 5.32 Å². The molecule has 1 aromatic heterocycles. The Hall–Kier alpha value is -0.960. The van der Waals surface area contributed by atoms with Crippen molar-refractivity contribution in [2.45, 2.75) is 39.2 Å². The van der Waals surface area contributed by atoms with Crippen LogP contribution in [0.2, 0.25) is 0 Å². The molecule has 0 radical (unpaired) electrons. The van der Waals surface area contributed by atoms with E-state index in [0.29, 0.717) is 12.0 Å². The zero-order chi connectivity index (χ0) is 10.4. The van der Waals surface area contributed by atoms with E-state index < -0.39 is 0 Å². The number of aromatic nitrogens is 2. The normalized spacial score (nSPS) is 15.1. The molecule has 3 heteroatoms. The highest BCUT2D eigenvalue weighted by atomic mass is 14.9. The van der Waals surface area contributed by atoms with Crippen LogP contribution in [0.15, 0.2) is 18.6 Å². The standard InChI is InChI=1S/C11H19N3/c1-4-10(13-5-2)9(3)11-6-7-12-8-14-11/h6-10,13H,4-5H2,1-3H3. The molecule has 78 valence electrons. The molecular weight excluding hydrogens is 174 g/mol. The van der Waals surface area contributed by atoms with Crippen molar-refractivity contribution >= 4 is 0 Å². The third-order valence-corrected chi connectivity index (χ3v) is 2.58. The van der Waals surface area contributed by atoms with Gasteiger partial charge in [0, 0.05) is 23.9 Å². The number of rotatable bonds is 5. The van der Waals surface area contributed by atoms with Gasteiger partial charge in [-0.15, -0.1) is 0 Å². The average Bonchev–Trinajstić information content (AvgIpc) is 2.26. The first-order valence-electron chi connectivity index (χ1n) is 5.28. The Bertz CT molecular complexity index is 248. The van der Waals surface area contributed by atoms with Gasteiger partial charge in [-0.2, -0.15) is 0 Å². The van der Waals surface area contributed by atoms with Crippen molar-refractivity contribution in [3.05, 3.63) is 24.3 Å². The lowest BCUT2D eigenvalue weighted by molar-refractivity contribution is 0.442. The van der Waals surface area contributed by atoms with Crippen molar-refractivity contribution in [1.82, 2.24) is 15.3 Å². The summed E-state index contributed by atoms with van der Waals surface area (Å²) < 4.78 is 0. The molecule has 0 amide bonds. The van der Waals surface area contributed by atoms with Gasteiger partial charge in [-0.25, -0.2) is 9.97 Å². The lowest BCUT2D eigenvalue weighted by Gasteiger charge is -2.22. The highest BCUT2D eigenvalue weighted by Crippen LogP contribution is 2.17. The Morgan fingerprint density at radius 2 is 2.21 bits per heavy atom. The van der Waals surface area contributed by atoms with Crippen LogP contribution in [0.4, 0.5) is 0 Å². The smallest absolute Gasteiger partial charge is 0.115 e. The van der Waals surface area contributed by atoms with Crippen LogP contribution in [-0.4, -0.2) is 22.6 Å². The van der Waals surface area contributed by atoms with Crippen LogP contribution in [0, 0.1) is 0 Å². The van der Waals surface area contributed by atoms with Crippen molar-refractivity contribution in [3.63, 3.8) is 0 Å². The number of nitrogens with one attached hydrogen (secondary N) is 1. The molecule has 1 heterocycles. The number of hydrogen-bond donors (Lipinski definition) is 1. The van der Waals surface area contributed by atoms with Gasteiger partial charge in [0.05, 0.1) is 0 Å². The minimum atomic E-state index is 0.447. The summed E-state index contributed by atoms with van der Waals surface area (Å²) >= 11 is 0. The molecule has 3 nitrogen and oxygen atoms in total. The molecule has 0 aliphatic carbocycles. The van der Waals surface area contributed by atoms with Gasteiger partial charge >= 0.3 is 0 Å². The lowest BCUT2D eigenvalue weighted by atomic mass is 9.96. The summed E-state index contributed by atoms with van der Waals surface area (Å²) in [4.78, 5) is 8.21. The molecule has 0 saturated heterocycles. The minimum Gasteiger partial charge on any atom is -0.314 e. The quantitative estimate of drug-likeness (QED) is 0.777. The maximum Gasteiger partial charge on any atom is 0.115 e. The van der Waals surface area contributed by atoms with E-state index in [4.69, 9.17) is 0 Å². The van der Waals surface area contributed by atoms with E-state index in [1.807, 2.05) is 6.07 Å². The Labute approximate surface area is 86.0 Å². The third kappa shape index (κ3) is 2.77. The van der Waals surface area contributed by atoms with Crippen LogP contribution in [0.5, 0.6) is 0 Å². The molecule has 2 atom stereocenters. The van der Waals surface area contributed by atoms with Crippen molar-refractivity contribution in [2.75, 3.05) is 6.54 Å². The topological polar surface area (TPSA) is 37.8 Å². The van der Waals surface area contributed by atoms with E-state index >= 15 is 0 Å². The van der Waals surface area contributed by atoms with Crippen molar-refractivity contribution in [3.8, 4) is 0 Å². The molecule has 0 saturated carbocycles. The zero-order valence-corrected chi connectivity index (χ0v) is 9.20. The fourth-order valence-electron chi connectivity index (χ4n) is 1.71. The van der Waals surface area contributed by atoms with Gasteiger partial charge in [0.1, 0.15) is 6.33 Å². The number of hydrogen-bond acceptors (Lipinski definition) is 3. The molecule has 0 bridgehead atoms. The molecule has 0 aliphatic heterocycles. The molecule has 2 unspecified atom stereocenters. The maximum absolute atomic E-state index is 4.28. The summed E-state index contributed by atoms with van der Waals surface area (Å²) in [7, 11) is 0. The largest absolute Gasteiger partial charge is 0.314 e. The monoisotopic (exact) mass is 193 g/mol. The maximum atomic E-state index is 4.28. The Morgan fingerprint density at radius 1 is 1.43 bits per heavy atom. The van der Waals surface area contributed by atoms with Crippen molar-refractivity contribution in [2.24, 2.45) is 0 Å². The van der Waals surface area contributed by atoms with Crippen molar-refractivity contribution in [1.29, 1.82) is 0 Å². The third-order valence-electron chi connectivity index (χ3n) is 2.58. The van der Waals surface area contributed by atoms with E-state index in [1.165, 1.54) is 0 Å². The summed E-state index contributed by atoms with van der Waals surface area (Å²) in [6, 6.07) is 2.50. The number of nitrogens with zero attached hydrogens (tertiary/aromatic N) is 2. The van der Waals surface area contributed by atoms with Crippen LogP contribution in [0.3, 0.4) is 0 Å². The van der Waals surface area contributed by atoms with Crippen LogP contribution >= 0.6 is 0 Å². The van der Waals surface area contributed by atoms with Crippen LogP contribution in [0.1, 0.15) is 38.8 Å². The summed E-state index contributed by atoms with van der Waals surface area (Å²) in [5, 5.41) is 3.47. The first kappa shape index (κ1) is 11.1. The van der Waals surface area contributed by atoms with E-state index in [2.05, 4.69) is 36.1 Å². The van der Waals surface area contributed by atoms with Gasteiger partial charge in [-0.1, -0.05) is 20.8 Å². The zero-order valence-electron chi connectivity index (χ0n) is 9.20. The fraction of sp³-hybridized carbons (Fsp3) is 0.636. The molecular formula is C11H19N3. The predicted octanol–water partition coefficient (Wildman–Crippen LogP) is 1.97. The highest BCUT2D eigenvalue weighted by molar-refractivity contribution is 5.07. The van der Waals surface area contributed by atoms with Gasteiger partial charge in [0.15, 0.2) is 0 Å². The second-order valence-electron chi connectivity index (χ2n) is 3.50. The van der Waals surface area contributed by atoms with Crippen molar-refractivity contribution < 1.29 is 0 Å². The summed E-state index contributed by atoms with van der Waals surface area (Å²) in [6.07, 6.45) is 4.54. The SMILES string of the molecule is CCNC(CC)C(C)c1ccncn1. The van der Waals surface area contributed by atoms with Crippen LogP contribution in [-0.2, 0) is 0 Å². The fourth-order valence-corrected chi connectivity index (χ4v) is 1.71. The van der Waals surface area contributed by atoms with Gasteiger partial charge in [-0.05, 0) is 19.0 Å². The number of likely N-dealkylation sites (N-methyl/N-ethyl adjacent to an activating group) is 1. The van der Waals surface area contributed by atoms with Gasteiger partial charge in [-0.3, -0.25) is 0 Å². The molecule has 1 aromatic rings. The Balaban J connectivity index is 2.67. The molecule has 0 fully saturated rings. The van der Waals surface area contributed by atoms with Crippen LogP contribution in [0.25, 0.3) is 0 Å². The van der Waals surface area contributed by atoms with E-state index in [1.54, 1.807) is 12.5 Å². The van der Waals surface area contributed by atoms with Crippen LogP contribution < -0.4 is 5.32 Å². The van der Waals surface area contributed by atoms with Gasteiger partial charge in [0.2, 0.25) is 0 Å². The second kappa shape index (κ2) is 5.70. The Kier molecular flexibility index (Phi) is 4.53. The van der Waals surface area contributed by atoms with Gasteiger partial charge in [0.25, 0.3) is 0 Å².